The van der Waals surface area contributed by atoms with Gasteiger partial charge in [0.15, 0.2) is 0 Å². The van der Waals surface area contributed by atoms with E-state index in [0.717, 1.165) is 24.1 Å². The van der Waals surface area contributed by atoms with Crippen molar-refractivity contribution in [1.29, 1.82) is 5.41 Å². The fourth-order valence-corrected chi connectivity index (χ4v) is 5.38. The molecule has 0 radical (unpaired) electrons. The number of anilines is 1. The van der Waals surface area contributed by atoms with Crippen LogP contribution in [0.15, 0.2) is 88.7 Å². The van der Waals surface area contributed by atoms with Crippen LogP contribution in [0.4, 0.5) is 5.69 Å². The Bertz CT molecular complexity index is 1330. The smallest absolute Gasteiger partial charge is 0.253 e. The first-order chi connectivity index (χ1) is 17.3. The topological polar surface area (TPSA) is 92.6 Å². The first kappa shape index (κ1) is 24.0. The minimum atomic E-state index is -0.548. The number of benzene rings is 2. The van der Waals surface area contributed by atoms with Gasteiger partial charge < -0.3 is 10.6 Å². The fourth-order valence-electron chi connectivity index (χ4n) is 5.12. The lowest BCUT2D eigenvalue weighted by Crippen LogP contribution is -2.51. The van der Waals surface area contributed by atoms with Gasteiger partial charge in [0.25, 0.3) is 5.91 Å². The van der Waals surface area contributed by atoms with Crippen LogP contribution in [0.3, 0.4) is 0 Å². The first-order valence-corrected chi connectivity index (χ1v) is 12.4. The second kappa shape index (κ2) is 9.76. The lowest BCUT2D eigenvalue weighted by atomic mass is 9.72. The van der Waals surface area contributed by atoms with Crippen LogP contribution < -0.4 is 16.1 Å². The Kier molecular flexibility index (Phi) is 6.51. The van der Waals surface area contributed by atoms with E-state index in [-0.39, 0.29) is 17.8 Å². The molecule has 1 fully saturated rings. The van der Waals surface area contributed by atoms with Gasteiger partial charge in [-0.1, -0.05) is 48.0 Å². The van der Waals surface area contributed by atoms with Gasteiger partial charge in [0.2, 0.25) is 0 Å². The van der Waals surface area contributed by atoms with Gasteiger partial charge in [0.05, 0.1) is 34.2 Å². The molecule has 36 heavy (non-hydrogen) atoms. The van der Waals surface area contributed by atoms with Crippen molar-refractivity contribution in [2.75, 3.05) is 5.32 Å². The summed E-state index contributed by atoms with van der Waals surface area (Å²) >= 11 is 6.54. The van der Waals surface area contributed by atoms with Gasteiger partial charge in [-0.25, -0.2) is 10.4 Å². The number of amides is 1. The normalized spacial score (nSPS) is 22.8. The first-order valence-electron chi connectivity index (χ1n) is 12.0. The zero-order valence-electron chi connectivity index (χ0n) is 20.3. The summed E-state index contributed by atoms with van der Waals surface area (Å²) in [5, 5.41) is 16.2. The molecule has 0 bridgehead atoms. The van der Waals surface area contributed by atoms with Gasteiger partial charge in [-0.15, -0.1) is 0 Å². The van der Waals surface area contributed by atoms with Crippen LogP contribution in [0.25, 0.3) is 0 Å². The van der Waals surface area contributed by atoms with Crippen molar-refractivity contribution in [3.63, 3.8) is 0 Å². The van der Waals surface area contributed by atoms with Crippen LogP contribution in [0.5, 0.6) is 0 Å². The Morgan fingerprint density at radius 1 is 1.25 bits per heavy atom. The molecule has 2 unspecified atom stereocenters. The summed E-state index contributed by atoms with van der Waals surface area (Å²) in [6.07, 6.45) is 10.2. The molecule has 2 heterocycles. The molecule has 8 heteroatoms. The number of rotatable bonds is 5. The van der Waals surface area contributed by atoms with Gasteiger partial charge in [0.1, 0.15) is 5.84 Å². The van der Waals surface area contributed by atoms with Crippen molar-refractivity contribution in [3.8, 4) is 0 Å². The van der Waals surface area contributed by atoms with E-state index in [1.54, 1.807) is 25.1 Å². The fraction of sp³-hybridized carbons (Fsp3) is 0.250. The number of halogens is 1. The van der Waals surface area contributed by atoms with E-state index in [0.29, 0.717) is 22.7 Å². The number of hydrogen-bond acceptors (Lipinski definition) is 4. The third-order valence-electron chi connectivity index (χ3n) is 6.88. The molecule has 184 valence electrons. The third-order valence-corrected chi connectivity index (χ3v) is 7.19. The highest BCUT2D eigenvalue weighted by atomic mass is 35.5. The number of carbonyl (C=O) groups excluding carboxylic acids is 1. The maximum absolute atomic E-state index is 13.6. The summed E-state index contributed by atoms with van der Waals surface area (Å²) in [7, 11) is 0. The van der Waals surface area contributed by atoms with Crippen LogP contribution >= 0.6 is 11.6 Å². The van der Waals surface area contributed by atoms with Crippen LogP contribution in [0, 0.1) is 5.41 Å². The molecule has 5 rings (SSSR count). The number of nitrogens with one attached hydrogen (secondary N) is 4. The molecule has 2 aromatic carbocycles. The number of hydrazine groups is 1. The summed E-state index contributed by atoms with van der Waals surface area (Å²) in [4.78, 5) is 17.5. The maximum atomic E-state index is 13.6. The highest BCUT2D eigenvalue weighted by Crippen LogP contribution is 2.45. The predicted molar refractivity (Wildman–Crippen MR) is 145 cm³/mol. The largest absolute Gasteiger partial charge is 0.346 e. The highest BCUT2D eigenvalue weighted by molar-refractivity contribution is 6.34. The predicted octanol–water partition coefficient (Wildman–Crippen LogP) is 5.50. The Morgan fingerprint density at radius 3 is 2.81 bits per heavy atom. The van der Waals surface area contributed by atoms with Gasteiger partial charge in [-0.3, -0.25) is 15.2 Å². The quantitative estimate of drug-likeness (QED) is 0.322. The lowest BCUT2D eigenvalue weighted by Gasteiger charge is -2.41. The van der Waals surface area contributed by atoms with Crippen molar-refractivity contribution in [1.82, 2.24) is 15.8 Å². The van der Waals surface area contributed by atoms with Crippen LogP contribution in [-0.4, -0.2) is 29.1 Å². The van der Waals surface area contributed by atoms with Crippen molar-refractivity contribution >= 4 is 35.4 Å². The Hall–Kier alpha value is -3.68. The molecular formula is C28H29ClN6O. The van der Waals surface area contributed by atoms with E-state index in [2.05, 4.69) is 63.5 Å². The molecule has 1 aliphatic carbocycles. The molecular weight excluding hydrogens is 472 g/mol. The SMILES string of the molecule is CC(=N)/N=C\Nc1ccc(C(=O)NC2(c3ccccc3)CCC3NN4C=C(C)C=CC4=C3C2)c(Cl)c1. The van der Waals surface area contributed by atoms with E-state index in [1.165, 1.54) is 17.5 Å². The molecule has 0 spiro atoms. The van der Waals surface area contributed by atoms with Crippen molar-refractivity contribution in [2.45, 2.75) is 44.7 Å². The van der Waals surface area contributed by atoms with Crippen molar-refractivity contribution in [3.05, 3.63) is 99.9 Å². The number of fused-ring (bicyclic) bond motifs is 2. The third kappa shape index (κ3) is 4.72. The number of carbonyl (C=O) groups is 1. The molecule has 3 aliphatic rings. The van der Waals surface area contributed by atoms with Crippen LogP contribution in [0.2, 0.25) is 5.02 Å². The average Bonchev–Trinajstić information content (AvgIpc) is 3.21. The Morgan fingerprint density at radius 2 is 2.06 bits per heavy atom. The second-order valence-electron chi connectivity index (χ2n) is 9.47. The van der Waals surface area contributed by atoms with Gasteiger partial charge in [-0.05, 0) is 74.1 Å². The molecule has 4 N–H and O–H groups in total. The maximum Gasteiger partial charge on any atom is 0.253 e. The number of hydrogen-bond donors (Lipinski definition) is 4. The zero-order chi connectivity index (χ0) is 25.3. The molecule has 7 nitrogen and oxygen atoms in total. The molecule has 2 aliphatic heterocycles. The molecule has 2 atom stereocenters. The van der Waals surface area contributed by atoms with Crippen molar-refractivity contribution < 1.29 is 4.79 Å². The van der Waals surface area contributed by atoms with Crippen LogP contribution in [-0.2, 0) is 5.54 Å². The van der Waals surface area contributed by atoms with Gasteiger partial charge in [0, 0.05) is 11.9 Å². The minimum absolute atomic E-state index is 0.192. The Labute approximate surface area is 216 Å². The zero-order valence-corrected chi connectivity index (χ0v) is 21.1. The van der Waals surface area contributed by atoms with E-state index >= 15 is 0 Å². The van der Waals surface area contributed by atoms with Crippen molar-refractivity contribution in [2.24, 2.45) is 4.99 Å². The molecule has 1 saturated carbocycles. The minimum Gasteiger partial charge on any atom is -0.346 e. The number of amidine groups is 1. The highest BCUT2D eigenvalue weighted by Gasteiger charge is 2.45. The van der Waals surface area contributed by atoms with Gasteiger partial charge >= 0.3 is 0 Å². The lowest BCUT2D eigenvalue weighted by molar-refractivity contribution is 0.0875. The van der Waals surface area contributed by atoms with E-state index < -0.39 is 5.54 Å². The molecule has 0 saturated heterocycles. The summed E-state index contributed by atoms with van der Waals surface area (Å²) < 4.78 is 0. The summed E-state index contributed by atoms with van der Waals surface area (Å²) in [6.45, 7) is 3.68. The second-order valence-corrected chi connectivity index (χ2v) is 9.88. The molecule has 0 aromatic heterocycles. The summed E-state index contributed by atoms with van der Waals surface area (Å²) in [5.41, 5.74) is 8.91. The van der Waals surface area contributed by atoms with Gasteiger partial charge in [-0.2, -0.15) is 0 Å². The standard InChI is InChI=1S/C28H29ClN6O/c1-18-8-11-26-23-15-28(20-6-4-3-5-7-20,13-12-25(23)34-35(26)16-18)33-27(36)22-10-9-21(14-24(22)29)32-17-31-19(2)30/h3-11,14,16-17,25,34H,12-13,15H2,1-2H3,(H,33,36)(H2,30,31,32). The van der Waals surface area contributed by atoms with Crippen LogP contribution in [0.1, 0.15) is 49.0 Å². The summed E-state index contributed by atoms with van der Waals surface area (Å²) in [5.74, 6) is -0.0155. The van der Waals surface area contributed by atoms with E-state index in [1.807, 2.05) is 18.2 Å². The number of allylic oxidation sites excluding steroid dienone is 3. The number of nitrogens with zero attached hydrogens (tertiary/aromatic N) is 2. The average molecular weight is 501 g/mol. The molecule has 1 amide bonds. The molecule has 2 aromatic rings. The Balaban J connectivity index is 1.44. The summed E-state index contributed by atoms with van der Waals surface area (Å²) in [6, 6.07) is 15.6. The number of aliphatic imine (C=N–C) groups is 1. The van der Waals surface area contributed by atoms with E-state index in [4.69, 9.17) is 17.0 Å². The monoisotopic (exact) mass is 500 g/mol. The van der Waals surface area contributed by atoms with E-state index in [9.17, 15) is 4.79 Å².